The highest BCUT2D eigenvalue weighted by molar-refractivity contribution is 5.80. The maximum absolute atomic E-state index is 5.20. The van der Waals surface area contributed by atoms with Gasteiger partial charge in [-0.05, 0) is 36.1 Å². The lowest BCUT2D eigenvalue weighted by Crippen LogP contribution is -2.40. The number of hydrogen-bond donors (Lipinski definition) is 1. The third-order valence-corrected chi connectivity index (χ3v) is 4.75. The molecule has 25 heavy (non-hydrogen) atoms. The van der Waals surface area contributed by atoms with Crippen LogP contribution in [0.4, 0.5) is 0 Å². The molecule has 134 valence electrons. The molecule has 6 heteroatoms. The Morgan fingerprint density at radius 2 is 2.16 bits per heavy atom. The Bertz CT molecular complexity index is 707. The lowest BCUT2D eigenvalue weighted by atomic mass is 10.0. The van der Waals surface area contributed by atoms with E-state index in [2.05, 4.69) is 38.6 Å². The number of rotatable bonds is 5. The van der Waals surface area contributed by atoms with Gasteiger partial charge in [0.25, 0.3) is 0 Å². The van der Waals surface area contributed by atoms with Crippen LogP contribution < -0.4 is 10.1 Å². The molecular formula is C19H27N5O. The molecule has 2 aromatic rings. The minimum Gasteiger partial charge on any atom is -0.497 e. The lowest BCUT2D eigenvalue weighted by Gasteiger charge is -2.21. The van der Waals surface area contributed by atoms with Gasteiger partial charge in [0.15, 0.2) is 5.96 Å². The van der Waals surface area contributed by atoms with Crippen molar-refractivity contribution in [1.82, 2.24) is 20.0 Å². The number of nitrogens with one attached hydrogen (secondary N) is 1. The first-order chi connectivity index (χ1) is 12.2. The fourth-order valence-corrected chi connectivity index (χ4v) is 3.32. The van der Waals surface area contributed by atoms with Crippen LogP contribution in [0.25, 0.3) is 0 Å². The molecule has 0 bridgehead atoms. The number of hydrogen-bond acceptors (Lipinski definition) is 3. The number of aryl methyl sites for hydroxylation is 1. The Morgan fingerprint density at radius 1 is 1.36 bits per heavy atom. The van der Waals surface area contributed by atoms with Gasteiger partial charge in [0, 0.05) is 45.8 Å². The predicted molar refractivity (Wildman–Crippen MR) is 100 cm³/mol. The minimum atomic E-state index is 0.536. The zero-order valence-corrected chi connectivity index (χ0v) is 15.3. The summed E-state index contributed by atoms with van der Waals surface area (Å²) in [5, 5.41) is 7.78. The van der Waals surface area contributed by atoms with Crippen LogP contribution in [0.2, 0.25) is 0 Å². The van der Waals surface area contributed by atoms with Crippen LogP contribution in [0, 0.1) is 0 Å². The second-order valence-corrected chi connectivity index (χ2v) is 6.45. The summed E-state index contributed by atoms with van der Waals surface area (Å²) in [6.45, 7) is 2.89. The Balaban J connectivity index is 1.49. The maximum Gasteiger partial charge on any atom is 0.193 e. The van der Waals surface area contributed by atoms with E-state index in [0.717, 1.165) is 44.2 Å². The number of nitrogens with zero attached hydrogens (tertiary/aromatic N) is 4. The largest absolute Gasteiger partial charge is 0.497 e. The standard InChI is InChI=1S/C19H27N5O/c1-20-19(21-10-8-15-4-6-18(25-3)7-5-15)24-11-9-16(14-24)17-12-22-23(2)13-17/h4-7,12-13,16H,8-11,14H2,1-3H3,(H,20,21). The molecule has 1 aliphatic rings. The molecule has 1 fully saturated rings. The molecule has 0 aliphatic carbocycles. The number of ether oxygens (including phenoxy) is 1. The van der Waals surface area contributed by atoms with E-state index < -0.39 is 0 Å². The lowest BCUT2D eigenvalue weighted by molar-refractivity contribution is 0.414. The highest BCUT2D eigenvalue weighted by Gasteiger charge is 2.26. The number of methoxy groups -OCH3 is 1. The Kier molecular flexibility index (Phi) is 5.58. The average Bonchev–Trinajstić information content (AvgIpc) is 3.28. The molecule has 1 aliphatic heterocycles. The molecule has 1 saturated heterocycles. The van der Waals surface area contributed by atoms with Crippen molar-refractivity contribution < 1.29 is 4.74 Å². The molecule has 1 aromatic heterocycles. The van der Waals surface area contributed by atoms with E-state index in [9.17, 15) is 0 Å². The van der Waals surface area contributed by atoms with Crippen LogP contribution in [0.1, 0.15) is 23.5 Å². The summed E-state index contributed by atoms with van der Waals surface area (Å²) < 4.78 is 7.07. The normalized spacial score (nSPS) is 17.8. The van der Waals surface area contributed by atoms with Gasteiger partial charge in [-0.15, -0.1) is 0 Å². The molecule has 0 spiro atoms. The van der Waals surface area contributed by atoms with Crippen molar-refractivity contribution in [3.8, 4) is 5.75 Å². The van der Waals surface area contributed by atoms with Gasteiger partial charge in [-0.25, -0.2) is 0 Å². The summed E-state index contributed by atoms with van der Waals surface area (Å²) >= 11 is 0. The van der Waals surface area contributed by atoms with Gasteiger partial charge in [-0.2, -0.15) is 5.10 Å². The second kappa shape index (κ2) is 8.05. The number of benzene rings is 1. The van der Waals surface area contributed by atoms with Crippen molar-refractivity contribution in [3.05, 3.63) is 47.8 Å². The monoisotopic (exact) mass is 341 g/mol. The molecular weight excluding hydrogens is 314 g/mol. The van der Waals surface area contributed by atoms with Crippen LogP contribution in [0.3, 0.4) is 0 Å². The van der Waals surface area contributed by atoms with Crippen LogP contribution in [-0.2, 0) is 13.5 Å². The smallest absolute Gasteiger partial charge is 0.193 e. The minimum absolute atomic E-state index is 0.536. The van der Waals surface area contributed by atoms with E-state index in [0.29, 0.717) is 5.92 Å². The average molecular weight is 341 g/mol. The summed E-state index contributed by atoms with van der Waals surface area (Å²) in [6.07, 6.45) is 6.20. The van der Waals surface area contributed by atoms with E-state index in [1.165, 1.54) is 11.1 Å². The summed E-state index contributed by atoms with van der Waals surface area (Å²) in [4.78, 5) is 6.79. The fraction of sp³-hybridized carbons (Fsp3) is 0.474. The van der Waals surface area contributed by atoms with Crippen LogP contribution in [0.15, 0.2) is 41.7 Å². The zero-order valence-electron chi connectivity index (χ0n) is 15.3. The summed E-state index contributed by atoms with van der Waals surface area (Å²) in [5.41, 5.74) is 2.61. The maximum atomic E-state index is 5.20. The van der Waals surface area contributed by atoms with Crippen molar-refractivity contribution in [1.29, 1.82) is 0 Å². The molecule has 1 atom stereocenters. The van der Waals surface area contributed by atoms with E-state index in [1.54, 1.807) is 7.11 Å². The molecule has 6 nitrogen and oxygen atoms in total. The Morgan fingerprint density at radius 3 is 2.80 bits per heavy atom. The van der Waals surface area contributed by atoms with Crippen LogP contribution in [0.5, 0.6) is 5.75 Å². The number of guanidine groups is 1. The van der Waals surface area contributed by atoms with Gasteiger partial charge < -0.3 is 15.0 Å². The molecule has 0 radical (unpaired) electrons. The van der Waals surface area contributed by atoms with Gasteiger partial charge in [-0.3, -0.25) is 9.67 Å². The zero-order chi connectivity index (χ0) is 17.6. The summed E-state index contributed by atoms with van der Waals surface area (Å²) in [6, 6.07) is 8.22. The van der Waals surface area contributed by atoms with Gasteiger partial charge in [-0.1, -0.05) is 12.1 Å². The van der Waals surface area contributed by atoms with Gasteiger partial charge in [0.2, 0.25) is 0 Å². The van der Waals surface area contributed by atoms with E-state index in [1.807, 2.05) is 37.1 Å². The predicted octanol–water partition coefficient (Wildman–Crippen LogP) is 2.04. The third kappa shape index (κ3) is 4.32. The van der Waals surface area contributed by atoms with Crippen molar-refractivity contribution in [2.75, 3.05) is 33.8 Å². The fourth-order valence-electron chi connectivity index (χ4n) is 3.32. The highest BCUT2D eigenvalue weighted by Crippen LogP contribution is 2.26. The molecule has 1 aromatic carbocycles. The van der Waals surface area contributed by atoms with Gasteiger partial charge in [0.05, 0.1) is 13.3 Å². The van der Waals surface area contributed by atoms with Crippen LogP contribution >= 0.6 is 0 Å². The molecule has 1 unspecified atom stereocenters. The second-order valence-electron chi connectivity index (χ2n) is 6.45. The third-order valence-electron chi connectivity index (χ3n) is 4.75. The Hall–Kier alpha value is -2.50. The van der Waals surface area contributed by atoms with Crippen LogP contribution in [-0.4, -0.2) is 54.4 Å². The molecule has 3 rings (SSSR count). The number of aliphatic imine (C=N–C) groups is 1. The van der Waals surface area contributed by atoms with Gasteiger partial charge >= 0.3 is 0 Å². The summed E-state index contributed by atoms with van der Waals surface area (Å²) in [7, 11) is 5.51. The van der Waals surface area contributed by atoms with Crippen molar-refractivity contribution in [2.45, 2.75) is 18.8 Å². The molecule has 2 heterocycles. The topological polar surface area (TPSA) is 54.7 Å². The number of aromatic nitrogens is 2. The summed E-state index contributed by atoms with van der Waals surface area (Å²) in [5.74, 6) is 2.42. The Labute approximate surface area is 149 Å². The highest BCUT2D eigenvalue weighted by atomic mass is 16.5. The van der Waals surface area contributed by atoms with Crippen molar-refractivity contribution in [3.63, 3.8) is 0 Å². The van der Waals surface area contributed by atoms with E-state index >= 15 is 0 Å². The first-order valence-electron chi connectivity index (χ1n) is 8.76. The van der Waals surface area contributed by atoms with Crippen molar-refractivity contribution in [2.24, 2.45) is 12.0 Å². The van der Waals surface area contributed by atoms with E-state index in [4.69, 9.17) is 4.74 Å². The molecule has 1 N–H and O–H groups in total. The SMILES string of the molecule is CN=C(NCCc1ccc(OC)cc1)N1CCC(c2cnn(C)c2)C1. The molecule has 0 amide bonds. The van der Waals surface area contributed by atoms with Gasteiger partial charge in [0.1, 0.15) is 5.75 Å². The number of likely N-dealkylation sites (tertiary alicyclic amines) is 1. The van der Waals surface area contributed by atoms with Crippen molar-refractivity contribution >= 4 is 5.96 Å². The quantitative estimate of drug-likeness (QED) is 0.668. The molecule has 0 saturated carbocycles. The first kappa shape index (κ1) is 17.3. The first-order valence-corrected chi connectivity index (χ1v) is 8.76. The van der Waals surface area contributed by atoms with E-state index in [-0.39, 0.29) is 0 Å².